The van der Waals surface area contributed by atoms with Crippen molar-refractivity contribution in [1.29, 1.82) is 0 Å². The molecule has 1 aliphatic rings. The molecule has 2 rings (SSSR count). The smallest absolute Gasteiger partial charge is 0.124 e. The van der Waals surface area contributed by atoms with Gasteiger partial charge in [-0.25, -0.2) is 0 Å². The van der Waals surface area contributed by atoms with Gasteiger partial charge in [-0.05, 0) is 44.1 Å². The summed E-state index contributed by atoms with van der Waals surface area (Å²) in [5.74, 6) is 1.09. The molecule has 16 heavy (non-hydrogen) atoms. The van der Waals surface area contributed by atoms with Crippen molar-refractivity contribution in [2.75, 3.05) is 6.26 Å². The van der Waals surface area contributed by atoms with Crippen molar-refractivity contribution in [3.8, 4) is 11.5 Å². The molecule has 0 amide bonds. The van der Waals surface area contributed by atoms with Gasteiger partial charge in [0, 0.05) is 11.0 Å². The Kier molecular flexibility index (Phi) is 3.99. The Hall–Kier alpha value is -0.830. The fourth-order valence-electron chi connectivity index (χ4n) is 2.12. The van der Waals surface area contributed by atoms with E-state index in [1.165, 1.54) is 19.3 Å². The van der Waals surface area contributed by atoms with E-state index in [0.29, 0.717) is 6.10 Å². The van der Waals surface area contributed by atoms with E-state index in [9.17, 15) is 5.11 Å². The van der Waals surface area contributed by atoms with E-state index in [4.69, 9.17) is 4.74 Å². The highest BCUT2D eigenvalue weighted by atomic mass is 32.2. The second kappa shape index (κ2) is 5.48. The van der Waals surface area contributed by atoms with Gasteiger partial charge in [0.1, 0.15) is 11.5 Å². The molecule has 0 spiro atoms. The highest BCUT2D eigenvalue weighted by Crippen LogP contribution is 2.30. The number of ether oxygens (including phenoxy) is 1. The Balaban J connectivity index is 2.04. The molecule has 0 saturated heterocycles. The molecular formula is C13H18O2S. The van der Waals surface area contributed by atoms with Gasteiger partial charge < -0.3 is 9.84 Å². The minimum atomic E-state index is 0.289. The van der Waals surface area contributed by atoms with Crippen molar-refractivity contribution in [3.63, 3.8) is 0 Å². The minimum absolute atomic E-state index is 0.289. The predicted molar refractivity (Wildman–Crippen MR) is 67.4 cm³/mol. The van der Waals surface area contributed by atoms with E-state index in [2.05, 4.69) is 0 Å². The third-order valence-corrected chi connectivity index (χ3v) is 3.66. The summed E-state index contributed by atoms with van der Waals surface area (Å²) in [7, 11) is 0. The number of hydrogen-bond donors (Lipinski definition) is 1. The van der Waals surface area contributed by atoms with Gasteiger partial charge in [-0.3, -0.25) is 0 Å². The second-order valence-corrected chi connectivity index (χ2v) is 5.12. The molecule has 0 radical (unpaired) electrons. The Labute approximate surface area is 101 Å². The zero-order valence-electron chi connectivity index (χ0n) is 9.61. The molecule has 0 heterocycles. The van der Waals surface area contributed by atoms with E-state index in [-0.39, 0.29) is 5.75 Å². The van der Waals surface area contributed by atoms with Crippen LogP contribution in [0, 0.1) is 0 Å². The van der Waals surface area contributed by atoms with Crippen LogP contribution in [0.5, 0.6) is 11.5 Å². The van der Waals surface area contributed by atoms with Gasteiger partial charge in [0.2, 0.25) is 0 Å². The van der Waals surface area contributed by atoms with Crippen LogP contribution in [-0.2, 0) is 0 Å². The van der Waals surface area contributed by atoms with Gasteiger partial charge in [-0.1, -0.05) is 6.42 Å². The molecule has 1 saturated carbocycles. The summed E-state index contributed by atoms with van der Waals surface area (Å²) in [5, 5.41) is 9.56. The first-order chi connectivity index (χ1) is 7.78. The Bertz CT molecular complexity index is 346. The first-order valence-electron chi connectivity index (χ1n) is 5.82. The molecule has 0 aliphatic heterocycles. The molecule has 0 unspecified atom stereocenters. The SMILES string of the molecule is CSc1cc(O)cc(OC2CCCCC2)c1. The highest BCUT2D eigenvalue weighted by molar-refractivity contribution is 7.98. The van der Waals surface area contributed by atoms with Gasteiger partial charge in [-0.15, -0.1) is 11.8 Å². The summed E-state index contributed by atoms with van der Waals surface area (Å²) in [5.41, 5.74) is 0. The number of thioether (sulfide) groups is 1. The van der Waals surface area contributed by atoms with Gasteiger partial charge in [0.05, 0.1) is 6.10 Å². The van der Waals surface area contributed by atoms with E-state index in [0.717, 1.165) is 23.5 Å². The third-order valence-electron chi connectivity index (χ3n) is 2.96. The van der Waals surface area contributed by atoms with Gasteiger partial charge in [-0.2, -0.15) is 0 Å². The standard InChI is InChI=1S/C13H18O2S/c1-16-13-8-10(14)7-12(9-13)15-11-5-3-2-4-6-11/h7-9,11,14H,2-6H2,1H3. The van der Waals surface area contributed by atoms with Crippen LogP contribution in [0.1, 0.15) is 32.1 Å². The van der Waals surface area contributed by atoms with Crippen LogP contribution in [0.4, 0.5) is 0 Å². The molecule has 1 fully saturated rings. The summed E-state index contributed by atoms with van der Waals surface area (Å²) in [4.78, 5) is 1.05. The summed E-state index contributed by atoms with van der Waals surface area (Å²) < 4.78 is 5.91. The van der Waals surface area contributed by atoms with Crippen molar-refractivity contribution in [2.24, 2.45) is 0 Å². The first-order valence-corrected chi connectivity index (χ1v) is 7.05. The maximum absolute atomic E-state index is 9.56. The highest BCUT2D eigenvalue weighted by Gasteiger charge is 2.15. The summed E-state index contributed by atoms with van der Waals surface area (Å²) in [6.07, 6.45) is 8.48. The van der Waals surface area contributed by atoms with Crippen LogP contribution < -0.4 is 4.74 Å². The zero-order chi connectivity index (χ0) is 11.4. The largest absolute Gasteiger partial charge is 0.508 e. The molecule has 1 aliphatic carbocycles. The summed E-state index contributed by atoms with van der Waals surface area (Å²) in [6, 6.07) is 5.46. The topological polar surface area (TPSA) is 29.5 Å². The third kappa shape index (κ3) is 3.08. The first kappa shape index (κ1) is 11.6. The lowest BCUT2D eigenvalue weighted by atomic mass is 9.98. The Morgan fingerprint density at radius 3 is 2.62 bits per heavy atom. The van der Waals surface area contributed by atoms with Crippen molar-refractivity contribution in [2.45, 2.75) is 43.1 Å². The van der Waals surface area contributed by atoms with Crippen LogP contribution in [0.25, 0.3) is 0 Å². The van der Waals surface area contributed by atoms with Crippen LogP contribution >= 0.6 is 11.8 Å². The molecule has 1 aromatic carbocycles. The van der Waals surface area contributed by atoms with Gasteiger partial charge in [0.15, 0.2) is 0 Å². The minimum Gasteiger partial charge on any atom is -0.508 e. The maximum atomic E-state index is 9.56. The molecule has 1 N–H and O–H groups in total. The van der Waals surface area contributed by atoms with Crippen LogP contribution in [0.15, 0.2) is 23.1 Å². The van der Waals surface area contributed by atoms with Crippen LogP contribution in [0.3, 0.4) is 0 Å². The van der Waals surface area contributed by atoms with Crippen molar-refractivity contribution in [3.05, 3.63) is 18.2 Å². The lowest BCUT2D eigenvalue weighted by molar-refractivity contribution is 0.154. The number of hydrogen-bond acceptors (Lipinski definition) is 3. The maximum Gasteiger partial charge on any atom is 0.124 e. The summed E-state index contributed by atoms with van der Waals surface area (Å²) in [6.45, 7) is 0. The normalized spacial score (nSPS) is 17.3. The molecule has 3 heteroatoms. The van der Waals surface area contributed by atoms with Gasteiger partial charge >= 0.3 is 0 Å². The Morgan fingerprint density at radius 2 is 1.94 bits per heavy atom. The van der Waals surface area contributed by atoms with E-state index in [1.807, 2.05) is 12.3 Å². The van der Waals surface area contributed by atoms with E-state index in [1.54, 1.807) is 23.9 Å². The zero-order valence-corrected chi connectivity index (χ0v) is 10.4. The molecule has 88 valence electrons. The van der Waals surface area contributed by atoms with Crippen molar-refractivity contribution < 1.29 is 9.84 Å². The average molecular weight is 238 g/mol. The fourth-order valence-corrected chi connectivity index (χ4v) is 2.59. The summed E-state index contributed by atoms with van der Waals surface area (Å²) >= 11 is 1.62. The predicted octanol–water partition coefficient (Wildman–Crippen LogP) is 3.83. The molecule has 1 aromatic rings. The van der Waals surface area contributed by atoms with Crippen molar-refractivity contribution in [1.82, 2.24) is 0 Å². The average Bonchev–Trinajstić information content (AvgIpc) is 2.29. The molecule has 0 aromatic heterocycles. The van der Waals surface area contributed by atoms with Crippen LogP contribution in [0.2, 0.25) is 0 Å². The molecule has 0 bridgehead atoms. The lowest BCUT2D eigenvalue weighted by Gasteiger charge is -2.23. The molecule has 2 nitrogen and oxygen atoms in total. The number of rotatable bonds is 3. The van der Waals surface area contributed by atoms with Gasteiger partial charge in [0.25, 0.3) is 0 Å². The number of phenols is 1. The van der Waals surface area contributed by atoms with Crippen LogP contribution in [-0.4, -0.2) is 17.5 Å². The number of phenolic OH excluding ortho intramolecular Hbond substituents is 1. The second-order valence-electron chi connectivity index (χ2n) is 4.24. The Morgan fingerprint density at radius 1 is 1.19 bits per heavy atom. The van der Waals surface area contributed by atoms with Crippen molar-refractivity contribution >= 4 is 11.8 Å². The quantitative estimate of drug-likeness (QED) is 0.812. The molecule has 0 atom stereocenters. The van der Waals surface area contributed by atoms with E-state index >= 15 is 0 Å². The number of benzene rings is 1. The fraction of sp³-hybridized carbons (Fsp3) is 0.538. The monoisotopic (exact) mass is 238 g/mol. The number of aromatic hydroxyl groups is 1. The lowest BCUT2D eigenvalue weighted by Crippen LogP contribution is -2.19. The van der Waals surface area contributed by atoms with E-state index < -0.39 is 0 Å². The molecular weight excluding hydrogens is 220 g/mol.